The van der Waals surface area contributed by atoms with Crippen molar-refractivity contribution in [1.29, 1.82) is 0 Å². The first-order valence-corrected chi connectivity index (χ1v) is 6.96. The summed E-state index contributed by atoms with van der Waals surface area (Å²) in [5.74, 6) is 5.97. The maximum absolute atomic E-state index is 12.5. The molecule has 0 saturated carbocycles. The fourth-order valence-corrected chi connectivity index (χ4v) is 2.67. The van der Waals surface area contributed by atoms with Gasteiger partial charge in [0.15, 0.2) is 0 Å². The number of anilines is 1. The maximum atomic E-state index is 12.5. The van der Waals surface area contributed by atoms with Crippen LogP contribution < -0.4 is 11.3 Å². The number of methoxy groups -OCH3 is 1. The Labute approximate surface area is 120 Å². The van der Waals surface area contributed by atoms with Gasteiger partial charge in [0.1, 0.15) is 0 Å². The summed E-state index contributed by atoms with van der Waals surface area (Å²) in [6, 6.07) is 5.52. The van der Waals surface area contributed by atoms with Gasteiger partial charge in [-0.2, -0.15) is 0 Å². The third kappa shape index (κ3) is 2.94. The number of hydrazine groups is 1. The molecular weight excluding hydrogens is 254 g/mol. The number of carbonyl (C=O) groups excluding carboxylic acids is 1. The predicted molar refractivity (Wildman–Crippen MR) is 79.5 cm³/mol. The van der Waals surface area contributed by atoms with Crippen molar-refractivity contribution in [2.75, 3.05) is 25.6 Å². The number of nitrogen functional groups attached to an aromatic ring is 1. The number of piperidine rings is 1. The van der Waals surface area contributed by atoms with Crippen LogP contribution in [0.25, 0.3) is 0 Å². The summed E-state index contributed by atoms with van der Waals surface area (Å²) in [5, 5.41) is 0. The summed E-state index contributed by atoms with van der Waals surface area (Å²) in [4.78, 5) is 14.4. The Balaban J connectivity index is 2.13. The molecule has 1 saturated heterocycles. The number of hydrogen-bond acceptors (Lipinski definition) is 4. The molecule has 5 heteroatoms. The molecule has 0 spiro atoms. The number of aryl methyl sites for hydroxylation is 1. The summed E-state index contributed by atoms with van der Waals surface area (Å²) >= 11 is 0. The van der Waals surface area contributed by atoms with E-state index in [1.54, 1.807) is 7.11 Å². The molecule has 2 rings (SSSR count). The summed E-state index contributed by atoms with van der Waals surface area (Å²) < 4.78 is 5.46. The molecule has 110 valence electrons. The van der Waals surface area contributed by atoms with Crippen molar-refractivity contribution in [3.63, 3.8) is 0 Å². The van der Waals surface area contributed by atoms with Crippen molar-refractivity contribution in [3.05, 3.63) is 29.3 Å². The maximum Gasteiger partial charge on any atom is 0.253 e. The summed E-state index contributed by atoms with van der Waals surface area (Å²) in [7, 11) is 1.71. The first kappa shape index (κ1) is 14.8. The third-order valence-corrected chi connectivity index (χ3v) is 4.11. The van der Waals surface area contributed by atoms with Crippen LogP contribution in [-0.2, 0) is 4.74 Å². The molecule has 3 N–H and O–H groups in total. The molecule has 2 atom stereocenters. The lowest BCUT2D eigenvalue weighted by Crippen LogP contribution is -2.46. The van der Waals surface area contributed by atoms with Crippen LogP contribution >= 0.6 is 0 Å². The van der Waals surface area contributed by atoms with Crippen LogP contribution in [0.2, 0.25) is 0 Å². The molecule has 20 heavy (non-hydrogen) atoms. The van der Waals surface area contributed by atoms with E-state index in [0.717, 1.165) is 24.2 Å². The Morgan fingerprint density at radius 2 is 2.25 bits per heavy atom. The van der Waals surface area contributed by atoms with Crippen LogP contribution in [0.1, 0.15) is 29.3 Å². The average molecular weight is 277 g/mol. The zero-order valence-corrected chi connectivity index (χ0v) is 12.3. The standard InChI is InChI=1S/C15H23N3O2/c1-10-6-7-18(9-14(10)20-3)15(19)12-4-5-13(17-16)11(2)8-12/h4-5,8,10,14,17H,6-7,9,16H2,1-3H3. The van der Waals surface area contributed by atoms with Gasteiger partial charge in [0.05, 0.1) is 11.8 Å². The molecule has 1 aliphatic rings. The minimum Gasteiger partial charge on any atom is -0.379 e. The Bertz CT molecular complexity index is 490. The fourth-order valence-electron chi connectivity index (χ4n) is 2.67. The van der Waals surface area contributed by atoms with Crippen molar-refractivity contribution in [3.8, 4) is 0 Å². The lowest BCUT2D eigenvalue weighted by Gasteiger charge is -2.36. The third-order valence-electron chi connectivity index (χ3n) is 4.11. The average Bonchev–Trinajstić information content (AvgIpc) is 2.47. The SMILES string of the molecule is COC1CN(C(=O)c2ccc(NN)c(C)c2)CCC1C. The van der Waals surface area contributed by atoms with Gasteiger partial charge in [0, 0.05) is 25.8 Å². The summed E-state index contributed by atoms with van der Waals surface area (Å²) in [6.45, 7) is 5.55. The van der Waals surface area contributed by atoms with E-state index < -0.39 is 0 Å². The highest BCUT2D eigenvalue weighted by Crippen LogP contribution is 2.22. The van der Waals surface area contributed by atoms with E-state index in [1.165, 1.54) is 0 Å². The Morgan fingerprint density at radius 1 is 1.50 bits per heavy atom. The molecule has 1 fully saturated rings. The van der Waals surface area contributed by atoms with Crippen LogP contribution in [0.3, 0.4) is 0 Å². The molecule has 0 radical (unpaired) electrons. The minimum atomic E-state index is 0.0608. The summed E-state index contributed by atoms with van der Waals surface area (Å²) in [5.41, 5.74) is 5.12. The van der Waals surface area contributed by atoms with Gasteiger partial charge in [-0.15, -0.1) is 0 Å². The number of likely N-dealkylation sites (tertiary alicyclic amines) is 1. The molecule has 1 amide bonds. The Kier molecular flexibility index (Phi) is 4.62. The highest BCUT2D eigenvalue weighted by Gasteiger charge is 2.29. The lowest BCUT2D eigenvalue weighted by molar-refractivity contribution is -0.00156. The first-order valence-electron chi connectivity index (χ1n) is 6.96. The van der Waals surface area contributed by atoms with Crippen LogP contribution in [0.5, 0.6) is 0 Å². The molecule has 0 aromatic heterocycles. The molecule has 2 unspecified atom stereocenters. The van der Waals surface area contributed by atoms with Gasteiger partial charge < -0.3 is 15.1 Å². The van der Waals surface area contributed by atoms with E-state index in [0.29, 0.717) is 18.0 Å². The monoisotopic (exact) mass is 277 g/mol. The quantitative estimate of drug-likeness (QED) is 0.653. The Morgan fingerprint density at radius 3 is 2.85 bits per heavy atom. The highest BCUT2D eigenvalue weighted by atomic mass is 16.5. The minimum absolute atomic E-state index is 0.0608. The molecule has 5 nitrogen and oxygen atoms in total. The fraction of sp³-hybridized carbons (Fsp3) is 0.533. The van der Waals surface area contributed by atoms with E-state index in [1.807, 2.05) is 30.0 Å². The first-order chi connectivity index (χ1) is 9.56. The molecule has 1 heterocycles. The Hall–Kier alpha value is -1.59. The number of amides is 1. The number of nitrogens with two attached hydrogens (primary N) is 1. The molecule has 1 aromatic carbocycles. The van der Waals surface area contributed by atoms with Gasteiger partial charge in [0.25, 0.3) is 5.91 Å². The number of rotatable bonds is 3. The molecule has 0 bridgehead atoms. The van der Waals surface area contributed by atoms with E-state index in [-0.39, 0.29) is 12.0 Å². The number of benzene rings is 1. The zero-order valence-electron chi connectivity index (χ0n) is 12.3. The highest BCUT2D eigenvalue weighted by molar-refractivity contribution is 5.95. The van der Waals surface area contributed by atoms with Gasteiger partial charge in [0.2, 0.25) is 0 Å². The van der Waals surface area contributed by atoms with Crippen LogP contribution in [0.15, 0.2) is 18.2 Å². The lowest BCUT2D eigenvalue weighted by atomic mass is 9.95. The number of nitrogens with one attached hydrogen (secondary N) is 1. The van der Waals surface area contributed by atoms with E-state index in [2.05, 4.69) is 12.3 Å². The van der Waals surface area contributed by atoms with Crippen molar-refractivity contribution in [2.24, 2.45) is 11.8 Å². The van der Waals surface area contributed by atoms with Gasteiger partial charge in [-0.1, -0.05) is 6.92 Å². The van der Waals surface area contributed by atoms with E-state index in [9.17, 15) is 4.79 Å². The second kappa shape index (κ2) is 6.24. The van der Waals surface area contributed by atoms with E-state index >= 15 is 0 Å². The van der Waals surface area contributed by atoms with Gasteiger partial charge in [-0.05, 0) is 43.0 Å². The molecular formula is C15H23N3O2. The largest absolute Gasteiger partial charge is 0.379 e. The van der Waals surface area contributed by atoms with Gasteiger partial charge >= 0.3 is 0 Å². The van der Waals surface area contributed by atoms with Crippen molar-refractivity contribution >= 4 is 11.6 Å². The second-order valence-electron chi connectivity index (χ2n) is 5.47. The number of nitrogens with zero attached hydrogens (tertiary/aromatic N) is 1. The van der Waals surface area contributed by atoms with Crippen molar-refractivity contribution in [1.82, 2.24) is 4.90 Å². The van der Waals surface area contributed by atoms with Crippen molar-refractivity contribution in [2.45, 2.75) is 26.4 Å². The van der Waals surface area contributed by atoms with E-state index in [4.69, 9.17) is 10.6 Å². The smallest absolute Gasteiger partial charge is 0.253 e. The van der Waals surface area contributed by atoms with Crippen molar-refractivity contribution < 1.29 is 9.53 Å². The molecule has 1 aliphatic heterocycles. The second-order valence-corrected chi connectivity index (χ2v) is 5.47. The van der Waals surface area contributed by atoms with Crippen LogP contribution in [-0.4, -0.2) is 37.1 Å². The predicted octanol–water partition coefficient (Wildman–Crippen LogP) is 1.78. The normalized spacial score (nSPS) is 22.7. The zero-order chi connectivity index (χ0) is 14.7. The molecule has 1 aromatic rings. The molecule has 0 aliphatic carbocycles. The topological polar surface area (TPSA) is 67.6 Å². The van der Waals surface area contributed by atoms with Crippen LogP contribution in [0.4, 0.5) is 5.69 Å². The van der Waals surface area contributed by atoms with Gasteiger partial charge in [-0.3, -0.25) is 10.6 Å². The van der Waals surface area contributed by atoms with Crippen LogP contribution in [0, 0.1) is 12.8 Å². The van der Waals surface area contributed by atoms with Gasteiger partial charge in [-0.25, -0.2) is 0 Å². The number of ether oxygens (including phenoxy) is 1. The number of hydrogen-bond donors (Lipinski definition) is 2. The summed E-state index contributed by atoms with van der Waals surface area (Å²) in [6.07, 6.45) is 1.10. The number of carbonyl (C=O) groups is 1.